The highest BCUT2D eigenvalue weighted by Crippen LogP contribution is 2.15. The van der Waals surface area contributed by atoms with Gasteiger partial charge in [-0.05, 0) is 32.9 Å². The largest absolute Gasteiger partial charge is 0.390 e. The van der Waals surface area contributed by atoms with E-state index in [2.05, 4.69) is 17.3 Å². The number of ether oxygens (including phenoxy) is 1. The van der Waals surface area contributed by atoms with E-state index in [1.54, 1.807) is 0 Å². The van der Waals surface area contributed by atoms with Gasteiger partial charge in [0, 0.05) is 32.8 Å². The summed E-state index contributed by atoms with van der Waals surface area (Å²) in [6, 6.07) is 0. The lowest BCUT2D eigenvalue weighted by Gasteiger charge is -2.28. The zero-order valence-electron chi connectivity index (χ0n) is 9.91. The number of nitrogens with zero attached hydrogens (tertiary/aromatic N) is 1. The molecule has 1 unspecified atom stereocenters. The molecule has 0 amide bonds. The predicted molar refractivity (Wildman–Crippen MR) is 61.0 cm³/mol. The highest BCUT2D eigenvalue weighted by atomic mass is 16.5. The minimum atomic E-state index is -0.264. The Bertz CT molecular complexity index is 161. The smallest absolute Gasteiger partial charge is 0.0791 e. The molecule has 0 bridgehead atoms. The van der Waals surface area contributed by atoms with Crippen LogP contribution in [0, 0.1) is 5.92 Å². The second kappa shape index (κ2) is 7.17. The van der Waals surface area contributed by atoms with Crippen LogP contribution in [0.1, 0.15) is 12.8 Å². The normalized spacial score (nSPS) is 20.8. The fraction of sp³-hybridized carbons (Fsp3) is 1.00. The lowest BCUT2D eigenvalue weighted by molar-refractivity contribution is 0.0481. The minimum absolute atomic E-state index is 0.264. The van der Waals surface area contributed by atoms with Crippen LogP contribution in [-0.2, 0) is 4.74 Å². The fourth-order valence-corrected chi connectivity index (χ4v) is 2.10. The van der Waals surface area contributed by atoms with Gasteiger partial charge in [0.25, 0.3) is 0 Å². The summed E-state index contributed by atoms with van der Waals surface area (Å²) in [7, 11) is 3.94. The first kappa shape index (κ1) is 12.9. The van der Waals surface area contributed by atoms with Crippen molar-refractivity contribution in [2.45, 2.75) is 18.9 Å². The third-order valence-corrected chi connectivity index (χ3v) is 2.87. The van der Waals surface area contributed by atoms with E-state index in [1.165, 1.54) is 0 Å². The molecule has 0 aromatic carbocycles. The summed E-state index contributed by atoms with van der Waals surface area (Å²) in [5.41, 5.74) is 0. The van der Waals surface area contributed by atoms with Crippen molar-refractivity contribution in [3.05, 3.63) is 0 Å². The van der Waals surface area contributed by atoms with Crippen molar-refractivity contribution in [2.24, 2.45) is 5.92 Å². The fourth-order valence-electron chi connectivity index (χ4n) is 2.10. The van der Waals surface area contributed by atoms with Crippen LogP contribution in [0.3, 0.4) is 0 Å². The van der Waals surface area contributed by atoms with E-state index in [9.17, 15) is 5.11 Å². The minimum Gasteiger partial charge on any atom is -0.390 e. The average Bonchev–Trinajstić information content (AvgIpc) is 2.19. The first-order chi connectivity index (χ1) is 7.22. The maximum absolute atomic E-state index is 9.62. The van der Waals surface area contributed by atoms with E-state index in [-0.39, 0.29) is 6.10 Å². The van der Waals surface area contributed by atoms with Crippen LogP contribution in [0.4, 0.5) is 0 Å². The quantitative estimate of drug-likeness (QED) is 0.652. The third kappa shape index (κ3) is 5.47. The molecule has 0 spiro atoms. The van der Waals surface area contributed by atoms with Gasteiger partial charge in [-0.2, -0.15) is 0 Å². The number of aliphatic hydroxyl groups excluding tert-OH is 1. The van der Waals surface area contributed by atoms with Crippen LogP contribution in [0.5, 0.6) is 0 Å². The zero-order chi connectivity index (χ0) is 11.1. The Labute approximate surface area is 92.6 Å². The van der Waals surface area contributed by atoms with Gasteiger partial charge in [0.05, 0.1) is 6.10 Å². The standard InChI is InChI=1S/C11H24N2O2/c1-12-7-11(14)9-13(2)8-10-3-5-15-6-4-10/h10-12,14H,3-9H2,1-2H3. The Morgan fingerprint density at radius 3 is 2.73 bits per heavy atom. The van der Waals surface area contributed by atoms with Crippen molar-refractivity contribution >= 4 is 0 Å². The Balaban J connectivity index is 2.13. The van der Waals surface area contributed by atoms with Crippen molar-refractivity contribution in [2.75, 3.05) is 46.9 Å². The second-order valence-electron chi connectivity index (χ2n) is 4.49. The van der Waals surface area contributed by atoms with Crippen molar-refractivity contribution in [3.8, 4) is 0 Å². The Morgan fingerprint density at radius 1 is 1.47 bits per heavy atom. The molecule has 1 atom stereocenters. The number of rotatable bonds is 6. The summed E-state index contributed by atoms with van der Waals surface area (Å²) < 4.78 is 5.32. The van der Waals surface area contributed by atoms with Crippen molar-refractivity contribution < 1.29 is 9.84 Å². The van der Waals surface area contributed by atoms with Crippen LogP contribution in [0.15, 0.2) is 0 Å². The van der Waals surface area contributed by atoms with Crippen LogP contribution in [-0.4, -0.2) is 63.1 Å². The van der Waals surface area contributed by atoms with E-state index in [1.807, 2.05) is 7.05 Å². The van der Waals surface area contributed by atoms with Gasteiger partial charge in [0.1, 0.15) is 0 Å². The molecule has 4 heteroatoms. The molecule has 1 fully saturated rings. The van der Waals surface area contributed by atoms with Gasteiger partial charge in [-0.3, -0.25) is 0 Å². The van der Waals surface area contributed by atoms with Gasteiger partial charge in [-0.25, -0.2) is 0 Å². The summed E-state index contributed by atoms with van der Waals surface area (Å²) >= 11 is 0. The first-order valence-electron chi connectivity index (χ1n) is 5.81. The molecule has 15 heavy (non-hydrogen) atoms. The number of nitrogens with one attached hydrogen (secondary N) is 1. The lowest BCUT2D eigenvalue weighted by atomic mass is 10.00. The highest BCUT2D eigenvalue weighted by Gasteiger charge is 2.16. The zero-order valence-corrected chi connectivity index (χ0v) is 9.91. The molecule has 1 aliphatic rings. The SMILES string of the molecule is CNCC(O)CN(C)CC1CCOCC1. The third-order valence-electron chi connectivity index (χ3n) is 2.87. The summed E-state index contributed by atoms with van der Waals surface area (Å²) in [4.78, 5) is 2.22. The van der Waals surface area contributed by atoms with E-state index in [0.29, 0.717) is 6.54 Å². The van der Waals surface area contributed by atoms with E-state index >= 15 is 0 Å². The number of aliphatic hydroxyl groups is 1. The van der Waals surface area contributed by atoms with Crippen LogP contribution in [0.2, 0.25) is 0 Å². The molecule has 0 radical (unpaired) electrons. The van der Waals surface area contributed by atoms with Gasteiger partial charge in [0.2, 0.25) is 0 Å². The topological polar surface area (TPSA) is 44.7 Å². The van der Waals surface area contributed by atoms with Gasteiger partial charge >= 0.3 is 0 Å². The average molecular weight is 216 g/mol. The maximum Gasteiger partial charge on any atom is 0.0791 e. The van der Waals surface area contributed by atoms with Crippen molar-refractivity contribution in [1.29, 1.82) is 0 Å². The van der Waals surface area contributed by atoms with Gasteiger partial charge in [-0.1, -0.05) is 0 Å². The molecular weight excluding hydrogens is 192 g/mol. The van der Waals surface area contributed by atoms with E-state index in [4.69, 9.17) is 4.74 Å². The number of likely N-dealkylation sites (N-methyl/N-ethyl adjacent to an activating group) is 2. The van der Waals surface area contributed by atoms with E-state index in [0.717, 1.165) is 45.1 Å². The van der Waals surface area contributed by atoms with Crippen LogP contribution < -0.4 is 5.32 Å². The Morgan fingerprint density at radius 2 is 2.13 bits per heavy atom. The Kier molecular flexibility index (Phi) is 6.17. The van der Waals surface area contributed by atoms with Crippen LogP contribution in [0.25, 0.3) is 0 Å². The number of hydrogen-bond donors (Lipinski definition) is 2. The maximum atomic E-state index is 9.62. The molecule has 90 valence electrons. The molecule has 0 aliphatic carbocycles. The second-order valence-corrected chi connectivity index (χ2v) is 4.49. The van der Waals surface area contributed by atoms with Crippen molar-refractivity contribution in [3.63, 3.8) is 0 Å². The number of hydrogen-bond acceptors (Lipinski definition) is 4. The van der Waals surface area contributed by atoms with Crippen molar-refractivity contribution in [1.82, 2.24) is 10.2 Å². The molecule has 4 nitrogen and oxygen atoms in total. The predicted octanol–water partition coefficient (Wildman–Crippen LogP) is -0.0749. The molecule has 1 aliphatic heterocycles. The molecular formula is C11H24N2O2. The first-order valence-corrected chi connectivity index (χ1v) is 5.81. The summed E-state index contributed by atoms with van der Waals surface area (Å²) in [5.74, 6) is 0.741. The lowest BCUT2D eigenvalue weighted by Crippen LogP contribution is -2.38. The summed E-state index contributed by atoms with van der Waals surface area (Å²) in [6.45, 7) is 4.29. The van der Waals surface area contributed by atoms with Gasteiger partial charge < -0.3 is 20.1 Å². The molecule has 0 aromatic heterocycles. The highest BCUT2D eigenvalue weighted by molar-refractivity contribution is 4.70. The molecule has 0 saturated carbocycles. The molecule has 1 heterocycles. The molecule has 0 aromatic rings. The molecule has 1 saturated heterocycles. The molecule has 1 rings (SSSR count). The summed E-state index contributed by atoms with van der Waals surface area (Å²) in [5, 5.41) is 12.6. The van der Waals surface area contributed by atoms with Gasteiger partial charge in [0.15, 0.2) is 0 Å². The van der Waals surface area contributed by atoms with E-state index < -0.39 is 0 Å². The molecule has 2 N–H and O–H groups in total. The summed E-state index contributed by atoms with van der Waals surface area (Å²) in [6.07, 6.45) is 2.05. The van der Waals surface area contributed by atoms with Gasteiger partial charge in [-0.15, -0.1) is 0 Å². The van der Waals surface area contributed by atoms with Crippen LogP contribution >= 0.6 is 0 Å². The monoisotopic (exact) mass is 216 g/mol. The Hall–Kier alpha value is -0.160.